The molecule has 0 saturated heterocycles. The molecule has 31 heavy (non-hydrogen) atoms. The van der Waals surface area contributed by atoms with Crippen LogP contribution in [0.5, 0.6) is 0 Å². The molecule has 0 N–H and O–H groups in total. The van der Waals surface area contributed by atoms with Gasteiger partial charge < -0.3 is 0 Å². The zero-order chi connectivity index (χ0) is 20.9. The van der Waals surface area contributed by atoms with Crippen LogP contribution in [-0.2, 0) is 26.4 Å². The molecule has 162 valence electrons. The third-order valence-electron chi connectivity index (χ3n) is 4.28. The summed E-state index contributed by atoms with van der Waals surface area (Å²) in [5, 5.41) is 0. The molecule has 0 spiro atoms. The predicted molar refractivity (Wildman–Crippen MR) is 136 cm³/mol. The Kier molecular flexibility index (Phi) is 16.0. The Balaban J connectivity index is 0.000000470. The van der Waals surface area contributed by atoms with E-state index in [1.54, 1.807) is 0 Å². The van der Waals surface area contributed by atoms with Gasteiger partial charge in [-0.1, -0.05) is 36.2 Å². The third-order valence-corrected chi connectivity index (χ3v) is 4.28. The van der Waals surface area contributed by atoms with Crippen LogP contribution >= 0.6 is 24.8 Å². The number of allylic oxidation sites excluding steroid dienone is 4. The molecule has 0 saturated carbocycles. The van der Waals surface area contributed by atoms with Crippen molar-refractivity contribution < 1.29 is 20.0 Å². The van der Waals surface area contributed by atoms with Crippen molar-refractivity contribution in [2.24, 2.45) is 0 Å². The number of aryl methyl sites for hydroxylation is 2. The van der Waals surface area contributed by atoms with Crippen molar-refractivity contribution in [1.29, 1.82) is 0 Å². The summed E-state index contributed by atoms with van der Waals surface area (Å²) in [4.78, 5) is 0. The van der Waals surface area contributed by atoms with Gasteiger partial charge in [-0.05, 0) is 18.9 Å². The van der Waals surface area contributed by atoms with Gasteiger partial charge in [0.2, 0.25) is 0 Å². The smallest absolute Gasteiger partial charge is 0.0253 e. The quantitative estimate of drug-likeness (QED) is 0.178. The van der Waals surface area contributed by atoms with Gasteiger partial charge in [-0.2, -0.15) is 66.2 Å². The third kappa shape index (κ3) is 10.4. The standard InChI is InChI=1S/C15H13.C6H5.C5H5.C2H4.2ClH.Ti/c1-10-3-5-14-12(7-10)9-13-8-11(2)4-6-15(13)14;1-2-4-6-5-3-1;1-2-4-5-3-1;1-2;;;/h3-7H,9H2,1-2H3;1-5H;1-3H,4H2;1H,2H3;2*1H;/q3*-1;;;;. The van der Waals surface area contributed by atoms with Crippen molar-refractivity contribution in [3.8, 4) is 11.1 Å². The molecule has 0 heterocycles. The fourth-order valence-corrected chi connectivity index (χ4v) is 3.05. The Morgan fingerprint density at radius 1 is 0.935 bits per heavy atom. The fraction of sp³-hybridized carbons (Fsp3) is 0.179. The van der Waals surface area contributed by atoms with E-state index in [2.05, 4.69) is 68.5 Å². The van der Waals surface area contributed by atoms with E-state index >= 15 is 0 Å². The normalized spacial score (nSPS) is 10.8. The number of benzene rings is 3. The summed E-state index contributed by atoms with van der Waals surface area (Å²) in [6.07, 6.45) is 11.0. The molecule has 2 aliphatic rings. The summed E-state index contributed by atoms with van der Waals surface area (Å²) < 4.78 is 2.00. The van der Waals surface area contributed by atoms with Crippen molar-refractivity contribution in [3.63, 3.8) is 0 Å². The molecule has 0 unspecified atom stereocenters. The number of hydrogen-bond donors (Lipinski definition) is 0. The van der Waals surface area contributed by atoms with Crippen LogP contribution in [0.1, 0.15) is 35.6 Å². The first-order chi connectivity index (χ1) is 14.2. The number of rotatable bonds is 0. The van der Waals surface area contributed by atoms with Crippen molar-refractivity contribution in [2.75, 3.05) is 0 Å². The van der Waals surface area contributed by atoms with E-state index < -0.39 is 0 Å². The maximum atomic E-state index is 3.45. The van der Waals surface area contributed by atoms with Gasteiger partial charge in [0.05, 0.1) is 0 Å². The van der Waals surface area contributed by atoms with Crippen molar-refractivity contribution in [1.82, 2.24) is 0 Å². The zero-order valence-electron chi connectivity index (χ0n) is 18.3. The molecule has 0 amide bonds. The molecule has 5 rings (SSSR count). The van der Waals surface area contributed by atoms with E-state index in [9.17, 15) is 0 Å². The summed E-state index contributed by atoms with van der Waals surface area (Å²) in [5.41, 5.74) is 8.15. The summed E-state index contributed by atoms with van der Waals surface area (Å²) >= 11 is 2.00. The molecule has 0 fully saturated rings. The van der Waals surface area contributed by atoms with Crippen LogP contribution in [0.25, 0.3) is 11.1 Å². The van der Waals surface area contributed by atoms with E-state index in [-0.39, 0.29) is 24.8 Å². The summed E-state index contributed by atoms with van der Waals surface area (Å²) in [5.74, 6) is 0. The second-order valence-corrected chi connectivity index (χ2v) is 7.64. The first-order valence-electron chi connectivity index (χ1n) is 9.85. The van der Waals surface area contributed by atoms with Crippen LogP contribution in [-0.4, -0.2) is 4.31 Å². The minimum Gasteiger partial charge on any atom is -0.273 e. The molecule has 0 aliphatic heterocycles. The molecule has 0 aromatic heterocycles. The average molecular weight is 484 g/mol. The molecule has 3 aromatic carbocycles. The number of halogens is 2. The molecule has 2 aliphatic carbocycles. The molecular formula is C28H29Cl2Ti-3. The maximum absolute atomic E-state index is 3.45. The van der Waals surface area contributed by atoms with Crippen LogP contribution in [0.4, 0.5) is 0 Å². The molecule has 3 heteroatoms. The van der Waals surface area contributed by atoms with Gasteiger partial charge in [-0.15, -0.1) is 42.4 Å². The van der Waals surface area contributed by atoms with Crippen LogP contribution in [0, 0.1) is 32.1 Å². The maximum Gasteiger partial charge on any atom is -0.0253 e. The van der Waals surface area contributed by atoms with E-state index in [1.165, 1.54) is 33.4 Å². The van der Waals surface area contributed by atoms with E-state index in [1.807, 2.05) is 73.7 Å². The van der Waals surface area contributed by atoms with Gasteiger partial charge in [0, 0.05) is 0 Å². The van der Waals surface area contributed by atoms with Gasteiger partial charge >= 0.3 is 31.2 Å². The second-order valence-electron chi connectivity index (χ2n) is 6.74. The number of hydrogen-bond acceptors (Lipinski definition) is 0. The SMILES string of the molecule is C[CH]=[Ti].Cc1[c-]c2c(cc1)-c1ccc(C)cc1C2.Cl.Cl.[C-]1=CC=CC1.[c-]1ccccc1. The van der Waals surface area contributed by atoms with Crippen LogP contribution in [0.15, 0.2) is 78.9 Å². The fourth-order valence-electron chi connectivity index (χ4n) is 3.05. The average Bonchev–Trinajstić information content (AvgIpc) is 3.41. The zero-order valence-corrected chi connectivity index (χ0v) is 21.5. The van der Waals surface area contributed by atoms with Gasteiger partial charge in [0.15, 0.2) is 0 Å². The predicted octanol–water partition coefficient (Wildman–Crippen LogP) is 7.67. The summed E-state index contributed by atoms with van der Waals surface area (Å²) in [6.45, 7) is 6.26. The van der Waals surface area contributed by atoms with Crippen molar-refractivity contribution >= 4 is 29.1 Å². The first kappa shape index (κ1) is 29.3. The molecule has 3 aromatic rings. The van der Waals surface area contributed by atoms with Gasteiger partial charge in [-0.25, -0.2) is 12.2 Å². The Morgan fingerprint density at radius 3 is 2.10 bits per heavy atom. The van der Waals surface area contributed by atoms with Gasteiger partial charge in [0.1, 0.15) is 0 Å². The largest absolute Gasteiger partial charge is 0.273 e. The van der Waals surface area contributed by atoms with Crippen molar-refractivity contribution in [2.45, 2.75) is 33.6 Å². The summed E-state index contributed by atoms with van der Waals surface area (Å²) in [7, 11) is 0. The van der Waals surface area contributed by atoms with E-state index in [4.69, 9.17) is 0 Å². The van der Waals surface area contributed by atoms with Crippen molar-refractivity contribution in [3.05, 3.63) is 119 Å². The van der Waals surface area contributed by atoms with Crippen LogP contribution in [0.3, 0.4) is 0 Å². The first-order valence-corrected chi connectivity index (χ1v) is 10.8. The van der Waals surface area contributed by atoms with Gasteiger partial charge in [-0.3, -0.25) is 6.08 Å². The van der Waals surface area contributed by atoms with E-state index in [0.717, 1.165) is 12.8 Å². The minimum absolute atomic E-state index is 0. The summed E-state index contributed by atoms with van der Waals surface area (Å²) in [6, 6.07) is 27.0. The molecular weight excluding hydrogens is 455 g/mol. The Labute approximate surface area is 212 Å². The second kappa shape index (κ2) is 16.9. The monoisotopic (exact) mass is 483 g/mol. The minimum atomic E-state index is 0. The Hall–Kier alpha value is -1.70. The molecule has 0 bridgehead atoms. The Bertz CT molecular complexity index is 874. The topological polar surface area (TPSA) is 0 Å². The Morgan fingerprint density at radius 2 is 1.61 bits per heavy atom. The molecule has 0 radical (unpaired) electrons. The number of fused-ring (bicyclic) bond motifs is 3. The molecule has 0 atom stereocenters. The van der Waals surface area contributed by atoms with Crippen LogP contribution in [0.2, 0.25) is 0 Å². The van der Waals surface area contributed by atoms with E-state index in [0.29, 0.717) is 0 Å². The van der Waals surface area contributed by atoms with Crippen LogP contribution < -0.4 is 0 Å². The van der Waals surface area contributed by atoms with Gasteiger partial charge in [0.25, 0.3) is 0 Å². The molecule has 0 nitrogen and oxygen atoms in total.